The summed E-state index contributed by atoms with van der Waals surface area (Å²) >= 11 is 7.99. The molecule has 0 aliphatic carbocycles. The molecule has 6 aromatic heterocycles. The molecular formula is C56H83ClN14O2S2W2. The molecule has 420 valence electrons. The molecule has 0 aliphatic rings. The van der Waals surface area contributed by atoms with E-state index < -0.39 is 0 Å². The number of aromatic nitrogens is 12. The third-order valence-electron chi connectivity index (χ3n) is 7.60. The van der Waals surface area contributed by atoms with Crippen molar-refractivity contribution < 1.29 is 51.4 Å². The number of benzene rings is 3. The molecule has 6 heterocycles. The van der Waals surface area contributed by atoms with Crippen LogP contribution in [-0.2, 0) is 51.4 Å². The van der Waals surface area contributed by atoms with Crippen LogP contribution < -0.4 is 0 Å². The van der Waals surface area contributed by atoms with Gasteiger partial charge >= 0.3 is 42.1 Å². The Kier molecular flexibility index (Phi) is 63.0. The minimum Gasteiger partial charge on any atom is -0.693 e. The van der Waals surface area contributed by atoms with Gasteiger partial charge in [-0.2, -0.15) is 4.33 Å². The molecule has 9 aromatic rings. The number of hydrogen-bond donors (Lipinski definition) is 1. The average Bonchev–Trinajstić information content (AvgIpc) is 4.30. The summed E-state index contributed by atoms with van der Waals surface area (Å²) in [7, 11) is 1.43. The van der Waals surface area contributed by atoms with Crippen LogP contribution in [0.25, 0.3) is 57.7 Å². The van der Waals surface area contributed by atoms with E-state index in [0.717, 1.165) is 46.2 Å². The van der Waals surface area contributed by atoms with Gasteiger partial charge in [-0.1, -0.05) is 205 Å². The fourth-order valence-corrected chi connectivity index (χ4v) is 5.98. The summed E-state index contributed by atoms with van der Waals surface area (Å²) in [5, 5.41) is 1.67. The van der Waals surface area contributed by atoms with E-state index in [4.69, 9.17) is 21.7 Å². The van der Waals surface area contributed by atoms with E-state index in [0.29, 0.717) is 27.1 Å². The summed E-state index contributed by atoms with van der Waals surface area (Å²) < 4.78 is 8.51. The summed E-state index contributed by atoms with van der Waals surface area (Å²) in [4.78, 5) is 44.6. The van der Waals surface area contributed by atoms with E-state index in [1.807, 2.05) is 214 Å². The quantitative estimate of drug-likeness (QED) is 0.0271. The molecule has 0 atom stereocenters. The van der Waals surface area contributed by atoms with Gasteiger partial charge in [-0.15, -0.1) is 0 Å². The molecule has 0 saturated heterocycles. The molecule has 9 rings (SSSR count). The maximum Gasteiger partial charge on any atom is 2.00 e. The Morgan fingerprint density at radius 2 is 0.922 bits per heavy atom. The Bertz CT molecular complexity index is 2600. The van der Waals surface area contributed by atoms with Gasteiger partial charge in [0.05, 0.1) is 12.9 Å². The molecule has 0 spiro atoms. The Morgan fingerprint density at radius 3 is 1.31 bits per heavy atom. The Labute approximate surface area is 504 Å². The number of thioether (sulfide) groups is 1. The van der Waals surface area contributed by atoms with Gasteiger partial charge in [0.25, 0.3) is 0 Å². The maximum absolute atomic E-state index is 7.46. The third kappa shape index (κ3) is 32.2. The molecule has 0 bridgehead atoms. The summed E-state index contributed by atoms with van der Waals surface area (Å²) in [6, 6.07) is 35.1. The molecule has 3 aromatic carbocycles. The van der Waals surface area contributed by atoms with Crippen LogP contribution in [0.1, 0.15) is 90.5 Å². The summed E-state index contributed by atoms with van der Waals surface area (Å²) in [5.74, 6) is 3.90. The first kappa shape index (κ1) is 85.5. The Hall–Kier alpha value is -5.42. The molecule has 4 N–H and O–H groups in total. The van der Waals surface area contributed by atoms with Crippen molar-refractivity contribution in [3.63, 3.8) is 0 Å². The van der Waals surface area contributed by atoms with E-state index in [1.165, 1.54) is 18.9 Å². The summed E-state index contributed by atoms with van der Waals surface area (Å²) in [6.07, 6.45) is 17.5. The van der Waals surface area contributed by atoms with Crippen molar-refractivity contribution in [3.8, 4) is 45.8 Å². The molecule has 77 heavy (non-hydrogen) atoms. The normalized spacial score (nSPS) is 8.35. The monoisotopic (exact) mass is 1450 g/mol. The number of nitrogens with zero attached hydrogens (tertiary/aromatic N) is 11. The zero-order chi connectivity index (χ0) is 53.1. The second-order valence-corrected chi connectivity index (χ2v) is 13.2. The molecule has 0 fully saturated rings. The zero-order valence-electron chi connectivity index (χ0n) is 46.9. The molecule has 16 nitrogen and oxygen atoms in total. The van der Waals surface area contributed by atoms with Crippen LogP contribution in [0.5, 0.6) is 0 Å². The number of nitrogens with two attached hydrogens (primary N) is 1. The van der Waals surface area contributed by atoms with E-state index in [9.17, 15) is 0 Å². The molecule has 21 heteroatoms. The summed E-state index contributed by atoms with van der Waals surface area (Å²) in [6.45, 7) is 24.0. The first-order chi connectivity index (χ1) is 35.0. The smallest absolute Gasteiger partial charge is 0.693 e. The minimum absolute atomic E-state index is 0. The third-order valence-corrected chi connectivity index (χ3v) is 8.93. The number of rotatable bonds is 9. The fraction of sp³-hybridized carbons (Fsp3) is 0.268. The van der Waals surface area contributed by atoms with E-state index in [1.54, 1.807) is 49.3 Å². The predicted octanol–water partition coefficient (Wildman–Crippen LogP) is 18.3. The van der Waals surface area contributed by atoms with Crippen molar-refractivity contribution in [3.05, 3.63) is 197 Å². The van der Waals surface area contributed by atoms with Gasteiger partial charge in [0.1, 0.15) is 40.5 Å². The Balaban J connectivity index is -0.000000160. The van der Waals surface area contributed by atoms with Gasteiger partial charge in [0.15, 0.2) is 5.16 Å². The van der Waals surface area contributed by atoms with Crippen LogP contribution in [0.2, 0.25) is 5.15 Å². The van der Waals surface area contributed by atoms with Crippen molar-refractivity contribution in [2.45, 2.75) is 101 Å². The molecule has 0 amide bonds. The number of imidazole rings is 3. The topological polar surface area (TPSA) is 217 Å². The van der Waals surface area contributed by atoms with Crippen molar-refractivity contribution in [2.75, 3.05) is 13.4 Å². The number of hydrogen-bond acceptors (Lipinski definition) is 13. The van der Waals surface area contributed by atoms with Crippen molar-refractivity contribution in [2.24, 2.45) is 0 Å². The second kappa shape index (κ2) is 56.8. The number of nitrogens with one attached hydrogen (secondary N) is 2. The van der Waals surface area contributed by atoms with Crippen LogP contribution in [-0.4, -0.2) is 72.3 Å². The number of halogens is 1. The van der Waals surface area contributed by atoms with Gasteiger partial charge in [-0.3, -0.25) is 9.13 Å². The maximum atomic E-state index is 7.46. The van der Waals surface area contributed by atoms with Gasteiger partial charge in [0, 0.05) is 72.2 Å². The molecule has 0 radical (unpaired) electrons. The standard InChI is InChI=1S/C14H12N4O2S.C13H10N5.C9H8N2.C5H5ClN2S.6C2H6.CH4.2CH3.H2N.2W/c1-19-20-21-14-16-8-7-12(17-14)18-10-9-15-13(18)11-5-3-2-4-6-11;14-13-16-7-6-11(17-13)18-9-8-15-12(18)10-4-2-1-3-5-10;1-2-4-8(5-3-1)9-10-6-7-11-9;1-9-5-7-3-2-4(6)8-5;6*1-2;;;;;;/h2-10H,1H3;1-9H,(H-,14,16,17);1-7H,(H,10,11);2-3H,1H3;6*1-2H3;1H4;2*1H3;1H2;;/q;-1;;;;;;;;;;3*-1;2*+2. The largest absolute Gasteiger partial charge is 2.00 e. The Morgan fingerprint density at radius 1 is 0.506 bits per heavy atom. The molecule has 0 aliphatic heterocycles. The van der Waals surface area contributed by atoms with Crippen molar-refractivity contribution in [1.82, 2.24) is 59.0 Å². The fourth-order valence-electron chi connectivity index (χ4n) is 5.07. The first-order valence-electron chi connectivity index (χ1n) is 23.5. The van der Waals surface area contributed by atoms with Gasteiger partial charge in [0.2, 0.25) is 5.16 Å². The SMILES string of the molecule is C.CC.CC.CC.CC.CC.CC.COOSc1nccc(-n2ccnc2-c2ccccc2)n1.CSc1nccc(Cl)n1.[CH3-].[CH3-].[NH-]c1nccc(-n2ccnc2-c2ccccc2)n1.[NH2-].[W+2].[W+2].c1ccc(-c2ncc[nH]2)cc1. The van der Waals surface area contributed by atoms with Crippen molar-refractivity contribution >= 4 is 41.4 Å². The van der Waals surface area contributed by atoms with Crippen LogP contribution in [0, 0.1) is 14.9 Å². The van der Waals surface area contributed by atoms with Crippen LogP contribution in [0.15, 0.2) is 175 Å². The predicted molar refractivity (Wildman–Crippen MR) is 323 cm³/mol. The number of H-pyrrole nitrogens is 1. The van der Waals surface area contributed by atoms with Gasteiger partial charge in [-0.05, 0) is 30.7 Å². The number of aromatic amines is 1. The summed E-state index contributed by atoms with van der Waals surface area (Å²) in [5.41, 5.74) is 10.6. The molecule has 0 unspecified atom stereocenters. The minimum atomic E-state index is 0. The first-order valence-corrected chi connectivity index (χ1v) is 25.9. The van der Waals surface area contributed by atoms with Crippen molar-refractivity contribution in [1.29, 1.82) is 0 Å². The molecule has 0 saturated carbocycles. The van der Waals surface area contributed by atoms with Crippen LogP contribution >= 0.6 is 35.4 Å². The average molecular weight is 1450 g/mol. The van der Waals surface area contributed by atoms with Crippen LogP contribution in [0.4, 0.5) is 5.95 Å². The molecular weight excluding hydrogens is 1370 g/mol. The second-order valence-electron chi connectivity index (χ2n) is 11.4. The zero-order valence-corrected chi connectivity index (χ0v) is 55.2. The van der Waals surface area contributed by atoms with Crippen LogP contribution in [0.3, 0.4) is 0 Å². The van der Waals surface area contributed by atoms with Gasteiger partial charge in [-0.25, -0.2) is 39.8 Å². The van der Waals surface area contributed by atoms with E-state index in [2.05, 4.69) is 54.7 Å². The van der Waals surface area contributed by atoms with E-state index >= 15 is 0 Å². The van der Waals surface area contributed by atoms with E-state index in [-0.39, 0.29) is 76.5 Å². The van der Waals surface area contributed by atoms with Gasteiger partial charge < -0.3 is 41.7 Å².